The quantitative estimate of drug-likeness (QED) is 0.700. The highest BCUT2D eigenvalue weighted by Crippen LogP contribution is 2.11. The van der Waals surface area contributed by atoms with Crippen LogP contribution in [-0.2, 0) is 14.6 Å². The number of sulfone groups is 1. The number of ketones is 1. The molecule has 0 amide bonds. The first kappa shape index (κ1) is 13.6. The van der Waals surface area contributed by atoms with Crippen molar-refractivity contribution in [3.05, 3.63) is 43.0 Å². The summed E-state index contributed by atoms with van der Waals surface area (Å²) >= 11 is 0. The molecule has 0 aromatic heterocycles. The van der Waals surface area contributed by atoms with E-state index in [4.69, 9.17) is 0 Å². The summed E-state index contributed by atoms with van der Waals surface area (Å²) in [6.45, 7) is 3.52. The number of Topliss-reactive ketones (excluding diaryl/α,β-unsaturated/α-hetero) is 1. The van der Waals surface area contributed by atoms with E-state index in [0.717, 1.165) is 0 Å². The van der Waals surface area contributed by atoms with Crippen molar-refractivity contribution >= 4 is 15.6 Å². The van der Waals surface area contributed by atoms with Crippen molar-refractivity contribution in [3.63, 3.8) is 0 Å². The first-order chi connectivity index (χ1) is 8.06. The summed E-state index contributed by atoms with van der Waals surface area (Å²) in [7, 11) is -3.33. The van der Waals surface area contributed by atoms with E-state index < -0.39 is 9.84 Å². The van der Waals surface area contributed by atoms with Gasteiger partial charge in [0.05, 0.1) is 10.6 Å². The Labute approximate surface area is 102 Å². The lowest BCUT2D eigenvalue weighted by molar-refractivity contribution is -0.118. The Bertz CT molecular complexity index is 475. The van der Waals surface area contributed by atoms with Crippen molar-refractivity contribution in [2.24, 2.45) is 0 Å². The molecule has 1 aromatic carbocycles. The molecule has 0 aliphatic carbocycles. The zero-order valence-electron chi connectivity index (χ0n) is 9.63. The lowest BCUT2D eigenvalue weighted by Crippen LogP contribution is -2.11. The second-order valence-corrected chi connectivity index (χ2v) is 5.86. The van der Waals surface area contributed by atoms with Gasteiger partial charge in [0.1, 0.15) is 5.78 Å². The van der Waals surface area contributed by atoms with Crippen LogP contribution in [0.4, 0.5) is 0 Å². The molecule has 0 aliphatic rings. The van der Waals surface area contributed by atoms with E-state index in [1.807, 2.05) is 0 Å². The van der Waals surface area contributed by atoms with Crippen LogP contribution < -0.4 is 0 Å². The number of hydrogen-bond donors (Lipinski definition) is 0. The molecule has 0 unspecified atom stereocenters. The summed E-state index contributed by atoms with van der Waals surface area (Å²) in [4.78, 5) is 11.6. The fraction of sp³-hybridized carbons (Fsp3) is 0.308. The largest absolute Gasteiger partial charge is 0.300 e. The topological polar surface area (TPSA) is 51.2 Å². The van der Waals surface area contributed by atoms with Crippen molar-refractivity contribution in [2.75, 3.05) is 5.75 Å². The molecule has 0 aliphatic heterocycles. The highest BCUT2D eigenvalue weighted by atomic mass is 32.2. The van der Waals surface area contributed by atoms with E-state index in [1.54, 1.807) is 36.4 Å². The zero-order chi connectivity index (χ0) is 12.7. The monoisotopic (exact) mass is 252 g/mol. The Kier molecular flexibility index (Phi) is 5.10. The number of allylic oxidation sites excluding steroid dienone is 1. The van der Waals surface area contributed by atoms with Crippen LogP contribution in [0.3, 0.4) is 0 Å². The number of rotatable bonds is 7. The van der Waals surface area contributed by atoms with Crippen molar-refractivity contribution in [2.45, 2.75) is 24.2 Å². The van der Waals surface area contributed by atoms with Crippen molar-refractivity contribution in [3.8, 4) is 0 Å². The van der Waals surface area contributed by atoms with Crippen LogP contribution in [0, 0.1) is 0 Å². The molecule has 0 spiro atoms. The van der Waals surface area contributed by atoms with Crippen LogP contribution in [0.1, 0.15) is 19.3 Å². The molecule has 0 radical (unpaired) electrons. The summed E-state index contributed by atoms with van der Waals surface area (Å²) in [6, 6.07) is 8.19. The first-order valence-corrected chi connectivity index (χ1v) is 7.12. The molecule has 0 atom stereocenters. The number of benzene rings is 1. The van der Waals surface area contributed by atoms with E-state index in [-0.39, 0.29) is 22.9 Å². The van der Waals surface area contributed by atoms with Crippen LogP contribution >= 0.6 is 0 Å². The van der Waals surface area contributed by atoms with Crippen LogP contribution in [0.15, 0.2) is 47.9 Å². The average Bonchev–Trinajstić information content (AvgIpc) is 2.35. The Morgan fingerprint density at radius 2 is 1.82 bits per heavy atom. The number of carbonyl (C=O) groups is 1. The van der Waals surface area contributed by atoms with Gasteiger partial charge in [-0.1, -0.05) is 24.3 Å². The van der Waals surface area contributed by atoms with Gasteiger partial charge in [-0.2, -0.15) is 0 Å². The number of hydrogen-bond acceptors (Lipinski definition) is 3. The predicted molar refractivity (Wildman–Crippen MR) is 67.5 cm³/mol. The van der Waals surface area contributed by atoms with E-state index >= 15 is 0 Å². The fourth-order valence-electron chi connectivity index (χ4n) is 1.38. The molecule has 17 heavy (non-hydrogen) atoms. The Balaban J connectivity index is 2.57. The Morgan fingerprint density at radius 3 is 2.41 bits per heavy atom. The highest BCUT2D eigenvalue weighted by molar-refractivity contribution is 7.91. The maximum absolute atomic E-state index is 11.8. The van der Waals surface area contributed by atoms with E-state index in [1.165, 1.54) is 0 Å². The molecule has 0 heterocycles. The maximum Gasteiger partial charge on any atom is 0.178 e. The highest BCUT2D eigenvalue weighted by Gasteiger charge is 2.15. The van der Waals surface area contributed by atoms with Gasteiger partial charge in [-0.15, -0.1) is 6.58 Å². The van der Waals surface area contributed by atoms with E-state index in [9.17, 15) is 13.2 Å². The van der Waals surface area contributed by atoms with Crippen LogP contribution in [0.5, 0.6) is 0 Å². The minimum Gasteiger partial charge on any atom is -0.300 e. The lowest BCUT2D eigenvalue weighted by atomic mass is 10.2. The summed E-state index contributed by atoms with van der Waals surface area (Å²) in [5.41, 5.74) is 0. The van der Waals surface area contributed by atoms with Gasteiger partial charge in [-0.3, -0.25) is 4.79 Å². The van der Waals surface area contributed by atoms with Crippen molar-refractivity contribution < 1.29 is 13.2 Å². The molecule has 0 N–H and O–H groups in total. The zero-order valence-corrected chi connectivity index (χ0v) is 10.4. The molecule has 92 valence electrons. The average molecular weight is 252 g/mol. The minimum absolute atomic E-state index is 0.0376. The molecule has 0 fully saturated rings. The molecule has 0 saturated heterocycles. The third-order valence-corrected chi connectivity index (χ3v) is 4.11. The SMILES string of the molecule is C=CCCC(=O)CCS(=O)(=O)c1ccccc1. The predicted octanol–water partition coefficient (Wildman–Crippen LogP) is 2.39. The maximum atomic E-state index is 11.8. The summed E-state index contributed by atoms with van der Waals surface area (Å²) in [6.07, 6.45) is 2.70. The molecule has 0 saturated carbocycles. The molecule has 3 nitrogen and oxygen atoms in total. The second-order valence-electron chi connectivity index (χ2n) is 3.75. The van der Waals surface area contributed by atoms with Gasteiger partial charge in [-0.05, 0) is 18.6 Å². The van der Waals surface area contributed by atoms with Crippen molar-refractivity contribution in [1.29, 1.82) is 0 Å². The summed E-state index contributed by atoms with van der Waals surface area (Å²) in [5, 5.41) is 0. The van der Waals surface area contributed by atoms with Gasteiger partial charge in [0, 0.05) is 12.8 Å². The lowest BCUT2D eigenvalue weighted by Gasteiger charge is -2.03. The van der Waals surface area contributed by atoms with Crippen LogP contribution in [0.25, 0.3) is 0 Å². The minimum atomic E-state index is -3.33. The van der Waals surface area contributed by atoms with Gasteiger partial charge in [0.2, 0.25) is 0 Å². The van der Waals surface area contributed by atoms with Crippen molar-refractivity contribution in [1.82, 2.24) is 0 Å². The smallest absolute Gasteiger partial charge is 0.178 e. The molecule has 0 bridgehead atoms. The second kappa shape index (κ2) is 6.35. The molecular weight excluding hydrogens is 236 g/mol. The Morgan fingerprint density at radius 1 is 1.18 bits per heavy atom. The normalized spacial score (nSPS) is 11.1. The van der Waals surface area contributed by atoms with Gasteiger partial charge in [-0.25, -0.2) is 8.42 Å². The van der Waals surface area contributed by atoms with E-state index in [0.29, 0.717) is 12.8 Å². The summed E-state index contributed by atoms with van der Waals surface area (Å²) in [5.74, 6) is -0.156. The van der Waals surface area contributed by atoms with Crippen LogP contribution in [-0.4, -0.2) is 20.0 Å². The third-order valence-electron chi connectivity index (χ3n) is 2.38. The molecule has 1 rings (SSSR count). The summed E-state index contributed by atoms with van der Waals surface area (Å²) < 4.78 is 23.7. The standard InChI is InChI=1S/C13H16O3S/c1-2-3-7-12(14)10-11-17(15,16)13-8-5-4-6-9-13/h2,4-6,8-9H,1,3,7,10-11H2. The fourth-order valence-corrected chi connectivity index (χ4v) is 2.69. The number of carbonyl (C=O) groups excluding carboxylic acids is 1. The Hall–Kier alpha value is -1.42. The van der Waals surface area contributed by atoms with Gasteiger partial charge in [0.15, 0.2) is 9.84 Å². The first-order valence-electron chi connectivity index (χ1n) is 5.46. The van der Waals surface area contributed by atoms with Crippen LogP contribution in [0.2, 0.25) is 0 Å². The molecular formula is C13H16O3S. The van der Waals surface area contributed by atoms with Gasteiger partial charge < -0.3 is 0 Å². The van der Waals surface area contributed by atoms with Gasteiger partial charge in [0.25, 0.3) is 0 Å². The molecule has 4 heteroatoms. The van der Waals surface area contributed by atoms with E-state index in [2.05, 4.69) is 6.58 Å². The third kappa shape index (κ3) is 4.53. The van der Waals surface area contributed by atoms with Gasteiger partial charge >= 0.3 is 0 Å². The molecule has 1 aromatic rings.